The lowest BCUT2D eigenvalue weighted by Crippen LogP contribution is -2.34. The van der Waals surface area contributed by atoms with Crippen LogP contribution in [0.4, 0.5) is 4.79 Å². The van der Waals surface area contributed by atoms with Crippen molar-refractivity contribution < 1.29 is 33.7 Å². The number of carboxylic acids is 1. The molecule has 3 rings (SSSR count). The maximum atomic E-state index is 12.1. The van der Waals surface area contributed by atoms with Gasteiger partial charge in [-0.3, -0.25) is 4.79 Å². The van der Waals surface area contributed by atoms with Gasteiger partial charge in [-0.15, -0.1) is 0 Å². The fourth-order valence-electron chi connectivity index (χ4n) is 3.78. The minimum Gasteiger partial charge on any atom is -0.479 e. The van der Waals surface area contributed by atoms with Gasteiger partial charge in [0.15, 0.2) is 6.10 Å². The predicted molar refractivity (Wildman–Crippen MR) is 120 cm³/mol. The third kappa shape index (κ3) is 6.53. The summed E-state index contributed by atoms with van der Waals surface area (Å²) in [4.78, 5) is 34.6. The number of carbonyl (C=O) groups excluding carboxylic acids is 2. The minimum atomic E-state index is -1.08. The Kier molecular flexibility index (Phi) is 8.79. The van der Waals surface area contributed by atoms with Gasteiger partial charge in [-0.2, -0.15) is 0 Å². The van der Waals surface area contributed by atoms with Crippen molar-refractivity contribution in [1.82, 2.24) is 10.6 Å². The van der Waals surface area contributed by atoms with Gasteiger partial charge in [0.1, 0.15) is 13.2 Å². The second kappa shape index (κ2) is 12.0. The number of amides is 2. The zero-order chi connectivity index (χ0) is 23.6. The molecule has 0 saturated carbocycles. The molecule has 9 heteroatoms. The van der Waals surface area contributed by atoms with Crippen LogP contribution in [0.3, 0.4) is 0 Å². The van der Waals surface area contributed by atoms with Crippen LogP contribution < -0.4 is 10.6 Å². The molecule has 0 heterocycles. The van der Waals surface area contributed by atoms with Crippen LogP contribution in [-0.2, 0) is 23.8 Å². The molecule has 0 aliphatic heterocycles. The van der Waals surface area contributed by atoms with Crippen molar-refractivity contribution in [3.8, 4) is 11.1 Å². The van der Waals surface area contributed by atoms with E-state index in [2.05, 4.69) is 34.9 Å². The predicted octanol–water partition coefficient (Wildman–Crippen LogP) is 2.15. The molecule has 33 heavy (non-hydrogen) atoms. The summed E-state index contributed by atoms with van der Waals surface area (Å²) >= 11 is 0. The quantitative estimate of drug-likeness (QED) is 0.418. The van der Waals surface area contributed by atoms with Crippen LogP contribution in [0.2, 0.25) is 0 Å². The average Bonchev–Trinajstić information content (AvgIpc) is 3.14. The van der Waals surface area contributed by atoms with Gasteiger partial charge in [-0.1, -0.05) is 48.5 Å². The summed E-state index contributed by atoms with van der Waals surface area (Å²) in [5.41, 5.74) is 4.60. The van der Waals surface area contributed by atoms with E-state index in [4.69, 9.17) is 19.3 Å². The lowest BCUT2D eigenvalue weighted by atomic mass is 9.98. The van der Waals surface area contributed by atoms with Crippen LogP contribution >= 0.6 is 0 Å². The second-order valence-corrected chi connectivity index (χ2v) is 7.51. The van der Waals surface area contributed by atoms with Gasteiger partial charge in [0.2, 0.25) is 5.91 Å². The SMILES string of the molecule is COC(CCNC(=O)COCCNC(=O)OCC1c2ccccc2-c2ccccc21)C(=O)O. The summed E-state index contributed by atoms with van der Waals surface area (Å²) in [6.45, 7) is 0.506. The van der Waals surface area contributed by atoms with E-state index in [-0.39, 0.29) is 51.2 Å². The monoisotopic (exact) mass is 456 g/mol. The van der Waals surface area contributed by atoms with E-state index in [1.807, 2.05) is 24.3 Å². The molecule has 0 aromatic heterocycles. The first-order valence-corrected chi connectivity index (χ1v) is 10.7. The number of hydrogen-bond donors (Lipinski definition) is 3. The van der Waals surface area contributed by atoms with Crippen molar-refractivity contribution in [2.75, 3.05) is 40.0 Å². The molecule has 2 amide bonds. The fourth-order valence-corrected chi connectivity index (χ4v) is 3.78. The third-order valence-corrected chi connectivity index (χ3v) is 5.38. The smallest absolute Gasteiger partial charge is 0.407 e. The highest BCUT2D eigenvalue weighted by molar-refractivity contribution is 5.79. The van der Waals surface area contributed by atoms with E-state index in [1.54, 1.807) is 0 Å². The van der Waals surface area contributed by atoms with Crippen molar-refractivity contribution in [2.45, 2.75) is 18.4 Å². The summed E-state index contributed by atoms with van der Waals surface area (Å²) in [7, 11) is 1.30. The number of alkyl carbamates (subject to hydrolysis) is 1. The molecule has 0 spiro atoms. The number of nitrogens with one attached hydrogen (secondary N) is 2. The van der Waals surface area contributed by atoms with E-state index in [0.29, 0.717) is 0 Å². The van der Waals surface area contributed by atoms with Crippen molar-refractivity contribution in [3.05, 3.63) is 59.7 Å². The number of benzene rings is 2. The maximum Gasteiger partial charge on any atom is 0.407 e. The van der Waals surface area contributed by atoms with E-state index in [0.717, 1.165) is 22.3 Å². The van der Waals surface area contributed by atoms with Gasteiger partial charge in [-0.25, -0.2) is 9.59 Å². The standard InChI is InChI=1S/C24H28N2O7/c1-31-21(23(28)29)10-11-25-22(27)15-32-13-12-26-24(30)33-14-20-18-8-4-2-6-16(18)17-7-3-5-9-19(17)20/h2-9,20-21H,10-15H2,1H3,(H,25,27)(H,26,30)(H,28,29). The number of carboxylic acid groups (broad SMARTS) is 1. The lowest BCUT2D eigenvalue weighted by molar-refractivity contribution is -0.149. The van der Waals surface area contributed by atoms with Crippen LogP contribution in [0, 0.1) is 0 Å². The number of methoxy groups -OCH3 is 1. The molecule has 0 fully saturated rings. The Hall–Kier alpha value is -3.43. The first-order chi connectivity index (χ1) is 16.0. The molecule has 0 bridgehead atoms. The highest BCUT2D eigenvalue weighted by atomic mass is 16.5. The zero-order valence-corrected chi connectivity index (χ0v) is 18.4. The Bertz CT molecular complexity index is 933. The topological polar surface area (TPSA) is 123 Å². The van der Waals surface area contributed by atoms with Crippen molar-refractivity contribution in [3.63, 3.8) is 0 Å². The lowest BCUT2D eigenvalue weighted by Gasteiger charge is -2.14. The highest BCUT2D eigenvalue weighted by Gasteiger charge is 2.28. The van der Waals surface area contributed by atoms with Crippen molar-refractivity contribution in [1.29, 1.82) is 0 Å². The Morgan fingerprint density at radius 2 is 1.61 bits per heavy atom. The number of hydrogen-bond acceptors (Lipinski definition) is 6. The third-order valence-electron chi connectivity index (χ3n) is 5.38. The summed E-state index contributed by atoms with van der Waals surface area (Å²) in [6, 6.07) is 16.2. The molecule has 2 aromatic carbocycles. The molecule has 9 nitrogen and oxygen atoms in total. The number of aliphatic carboxylic acids is 1. The molecule has 3 N–H and O–H groups in total. The molecule has 0 radical (unpaired) electrons. The van der Waals surface area contributed by atoms with Gasteiger partial charge < -0.3 is 30.0 Å². The first-order valence-electron chi connectivity index (χ1n) is 10.7. The summed E-state index contributed by atoms with van der Waals surface area (Å²) < 4.78 is 15.4. The van der Waals surface area contributed by atoms with Crippen LogP contribution in [0.1, 0.15) is 23.5 Å². The van der Waals surface area contributed by atoms with Gasteiger partial charge in [0.25, 0.3) is 0 Å². The average molecular weight is 456 g/mol. The van der Waals surface area contributed by atoms with Crippen molar-refractivity contribution in [2.24, 2.45) is 0 Å². The maximum absolute atomic E-state index is 12.1. The second-order valence-electron chi connectivity index (χ2n) is 7.51. The Balaban J connectivity index is 1.32. The summed E-state index contributed by atoms with van der Waals surface area (Å²) in [5, 5.41) is 14.0. The number of rotatable bonds is 12. The van der Waals surface area contributed by atoms with Crippen molar-refractivity contribution >= 4 is 18.0 Å². The van der Waals surface area contributed by atoms with Crippen LogP contribution in [-0.4, -0.2) is 69.2 Å². The molecule has 176 valence electrons. The van der Waals surface area contributed by atoms with E-state index in [1.165, 1.54) is 7.11 Å². The Morgan fingerprint density at radius 1 is 0.970 bits per heavy atom. The van der Waals surface area contributed by atoms with Crippen LogP contribution in [0.15, 0.2) is 48.5 Å². The molecule has 1 atom stereocenters. The fraction of sp³-hybridized carbons (Fsp3) is 0.375. The van der Waals surface area contributed by atoms with E-state index in [9.17, 15) is 14.4 Å². The highest BCUT2D eigenvalue weighted by Crippen LogP contribution is 2.44. The van der Waals surface area contributed by atoms with Gasteiger partial charge in [-0.05, 0) is 22.3 Å². The van der Waals surface area contributed by atoms with Gasteiger partial charge in [0.05, 0.1) is 6.61 Å². The molecule has 1 unspecified atom stereocenters. The molecule has 1 aliphatic carbocycles. The largest absolute Gasteiger partial charge is 0.479 e. The summed E-state index contributed by atoms with van der Waals surface area (Å²) in [5.74, 6) is -1.47. The molecule has 0 saturated heterocycles. The number of fused-ring (bicyclic) bond motifs is 3. The molecule has 2 aromatic rings. The normalized spacial score (nSPS) is 13.0. The molecule has 1 aliphatic rings. The molecular weight excluding hydrogens is 428 g/mol. The van der Waals surface area contributed by atoms with Crippen LogP contribution in [0.5, 0.6) is 0 Å². The Labute approximate surface area is 192 Å². The summed E-state index contributed by atoms with van der Waals surface area (Å²) in [6.07, 6.45) is -1.36. The Morgan fingerprint density at radius 3 is 2.21 bits per heavy atom. The number of carbonyl (C=O) groups is 3. The number of ether oxygens (including phenoxy) is 3. The van der Waals surface area contributed by atoms with E-state index < -0.39 is 18.2 Å². The van der Waals surface area contributed by atoms with E-state index >= 15 is 0 Å². The van der Waals surface area contributed by atoms with Crippen LogP contribution in [0.25, 0.3) is 11.1 Å². The molecular formula is C24H28N2O7. The van der Waals surface area contributed by atoms with Gasteiger partial charge in [0, 0.05) is 32.5 Å². The minimum absolute atomic E-state index is 0.0121. The first kappa shape index (κ1) is 24.2. The van der Waals surface area contributed by atoms with Gasteiger partial charge >= 0.3 is 12.1 Å². The zero-order valence-electron chi connectivity index (χ0n) is 18.4.